The van der Waals surface area contributed by atoms with Gasteiger partial charge in [0.15, 0.2) is 0 Å². The number of anilines is 3. The number of hydrogen-bond donors (Lipinski definition) is 2. The second-order valence-corrected chi connectivity index (χ2v) is 9.80. The first kappa shape index (κ1) is 20.1. The van der Waals surface area contributed by atoms with Crippen LogP contribution in [0, 0.1) is 0 Å². The number of piperazine rings is 1. The Kier molecular flexibility index (Phi) is 5.07. The van der Waals surface area contributed by atoms with Gasteiger partial charge in [-0.05, 0) is 43.9 Å². The van der Waals surface area contributed by atoms with Crippen LogP contribution >= 0.6 is 12.2 Å². The van der Waals surface area contributed by atoms with Gasteiger partial charge in [-0.25, -0.2) is 9.97 Å². The third-order valence-electron chi connectivity index (χ3n) is 7.37. The number of aromatic nitrogens is 4. The van der Waals surface area contributed by atoms with Crippen molar-refractivity contribution < 1.29 is 0 Å². The zero-order valence-electron chi connectivity index (χ0n) is 18.3. The number of nitrogens with zero attached hydrogens (tertiary/aromatic N) is 5. The van der Waals surface area contributed by atoms with Crippen LogP contribution in [-0.4, -0.2) is 50.6 Å². The topological polar surface area (TPSA) is 70.9 Å². The quantitative estimate of drug-likeness (QED) is 0.585. The molecule has 8 heteroatoms. The lowest BCUT2D eigenvalue weighted by atomic mass is 9.76. The highest BCUT2D eigenvalue weighted by atomic mass is 32.1. The fourth-order valence-corrected chi connectivity index (χ4v) is 5.94. The van der Waals surface area contributed by atoms with Crippen molar-refractivity contribution in [1.29, 1.82) is 0 Å². The molecule has 2 aliphatic heterocycles. The molecule has 6 rings (SSSR count). The van der Waals surface area contributed by atoms with E-state index in [0.717, 1.165) is 66.4 Å². The van der Waals surface area contributed by atoms with Crippen LogP contribution in [0.25, 0.3) is 11.0 Å². The molecular weight excluding hydrogens is 418 g/mol. The van der Waals surface area contributed by atoms with Crippen molar-refractivity contribution in [2.75, 3.05) is 36.4 Å². The van der Waals surface area contributed by atoms with E-state index in [2.05, 4.69) is 42.2 Å². The first-order valence-electron chi connectivity index (χ1n) is 11.8. The molecule has 3 aromatic heterocycles. The summed E-state index contributed by atoms with van der Waals surface area (Å²) in [6, 6.07) is 6.32. The molecule has 0 amide bonds. The molecule has 2 N–H and O–H groups in total. The molecule has 1 spiro atoms. The third-order valence-corrected chi connectivity index (χ3v) is 7.79. The molecule has 0 atom stereocenters. The van der Waals surface area contributed by atoms with Gasteiger partial charge in [0, 0.05) is 48.2 Å². The Hall–Kier alpha value is -2.58. The van der Waals surface area contributed by atoms with Crippen molar-refractivity contribution in [3.8, 4) is 0 Å². The molecule has 5 heterocycles. The monoisotopic (exact) mass is 447 g/mol. The molecule has 2 fully saturated rings. The van der Waals surface area contributed by atoms with Crippen molar-refractivity contribution in [2.24, 2.45) is 0 Å². The second kappa shape index (κ2) is 8.08. The SMILES string of the molecule is S=C1CCC2(CCCCC2)n2c1cc1cnc(Nc3ccc(N4CCNCC4)cn3)nc12. The predicted octanol–water partition coefficient (Wildman–Crippen LogP) is 4.15. The van der Waals surface area contributed by atoms with Crippen molar-refractivity contribution >= 4 is 45.6 Å². The second-order valence-electron chi connectivity index (χ2n) is 9.31. The highest BCUT2D eigenvalue weighted by Crippen LogP contribution is 2.45. The van der Waals surface area contributed by atoms with Crippen molar-refractivity contribution in [1.82, 2.24) is 24.8 Å². The molecule has 0 aromatic carbocycles. The average Bonchev–Trinajstić information content (AvgIpc) is 3.24. The summed E-state index contributed by atoms with van der Waals surface area (Å²) in [6.07, 6.45) is 12.3. The molecule has 0 unspecified atom stereocenters. The average molecular weight is 448 g/mol. The van der Waals surface area contributed by atoms with E-state index in [1.807, 2.05) is 18.5 Å². The van der Waals surface area contributed by atoms with Crippen LogP contribution < -0.4 is 15.5 Å². The number of nitrogens with one attached hydrogen (secondary N) is 2. The molecule has 32 heavy (non-hydrogen) atoms. The lowest BCUT2D eigenvalue weighted by Gasteiger charge is -2.43. The van der Waals surface area contributed by atoms with E-state index < -0.39 is 0 Å². The number of rotatable bonds is 3. The van der Waals surface area contributed by atoms with E-state index in [0.29, 0.717) is 5.95 Å². The number of pyridine rings is 1. The van der Waals surface area contributed by atoms with E-state index in [-0.39, 0.29) is 5.54 Å². The van der Waals surface area contributed by atoms with Crippen LogP contribution in [0.15, 0.2) is 30.6 Å². The largest absolute Gasteiger partial charge is 0.368 e. The van der Waals surface area contributed by atoms with E-state index in [1.165, 1.54) is 37.8 Å². The maximum absolute atomic E-state index is 5.76. The number of thiocarbonyl (C=S) groups is 1. The van der Waals surface area contributed by atoms with Gasteiger partial charge in [0.2, 0.25) is 5.95 Å². The summed E-state index contributed by atoms with van der Waals surface area (Å²) >= 11 is 5.76. The summed E-state index contributed by atoms with van der Waals surface area (Å²) in [5.41, 5.74) is 3.49. The summed E-state index contributed by atoms with van der Waals surface area (Å²) in [5.74, 6) is 1.35. The smallest absolute Gasteiger partial charge is 0.230 e. The lowest BCUT2D eigenvalue weighted by Crippen LogP contribution is -2.43. The maximum atomic E-state index is 5.76. The summed E-state index contributed by atoms with van der Waals surface area (Å²) in [7, 11) is 0. The minimum absolute atomic E-state index is 0.159. The van der Waals surface area contributed by atoms with Crippen molar-refractivity contribution in [2.45, 2.75) is 50.5 Å². The van der Waals surface area contributed by atoms with Gasteiger partial charge in [0.05, 0.1) is 17.6 Å². The molecular formula is C24H29N7S. The molecule has 1 saturated carbocycles. The van der Waals surface area contributed by atoms with Crippen LogP contribution in [0.2, 0.25) is 0 Å². The zero-order valence-corrected chi connectivity index (χ0v) is 19.1. The molecule has 1 aliphatic carbocycles. The Morgan fingerprint density at radius 2 is 1.84 bits per heavy atom. The van der Waals surface area contributed by atoms with Gasteiger partial charge in [-0.3, -0.25) is 0 Å². The van der Waals surface area contributed by atoms with E-state index >= 15 is 0 Å². The first-order chi connectivity index (χ1) is 15.7. The third kappa shape index (κ3) is 3.46. The first-order valence-corrected chi connectivity index (χ1v) is 12.2. The van der Waals surface area contributed by atoms with Crippen LogP contribution in [-0.2, 0) is 5.54 Å². The molecule has 3 aromatic rings. The van der Waals surface area contributed by atoms with Gasteiger partial charge >= 0.3 is 0 Å². The fraction of sp³-hybridized carbons (Fsp3) is 0.500. The summed E-state index contributed by atoms with van der Waals surface area (Å²) < 4.78 is 2.46. The molecule has 7 nitrogen and oxygen atoms in total. The van der Waals surface area contributed by atoms with Gasteiger partial charge in [0.25, 0.3) is 0 Å². The number of fused-ring (bicyclic) bond motifs is 4. The zero-order chi connectivity index (χ0) is 21.5. The van der Waals surface area contributed by atoms with Gasteiger partial charge in [-0.15, -0.1) is 0 Å². The Labute approximate surface area is 193 Å². The fourth-order valence-electron chi connectivity index (χ4n) is 5.69. The van der Waals surface area contributed by atoms with Gasteiger partial charge in [-0.1, -0.05) is 31.5 Å². The summed E-state index contributed by atoms with van der Waals surface area (Å²) in [4.78, 5) is 17.6. The Morgan fingerprint density at radius 3 is 2.62 bits per heavy atom. The Balaban J connectivity index is 1.31. The Bertz CT molecular complexity index is 1140. The van der Waals surface area contributed by atoms with Gasteiger partial charge in [0.1, 0.15) is 11.5 Å². The van der Waals surface area contributed by atoms with Gasteiger partial charge < -0.3 is 20.1 Å². The van der Waals surface area contributed by atoms with E-state index in [9.17, 15) is 0 Å². The maximum Gasteiger partial charge on any atom is 0.230 e. The van der Waals surface area contributed by atoms with Crippen molar-refractivity contribution in [3.63, 3.8) is 0 Å². The predicted molar refractivity (Wildman–Crippen MR) is 132 cm³/mol. The highest BCUT2D eigenvalue weighted by molar-refractivity contribution is 7.80. The van der Waals surface area contributed by atoms with Crippen LogP contribution in [0.1, 0.15) is 50.6 Å². The van der Waals surface area contributed by atoms with Gasteiger partial charge in [-0.2, -0.15) is 4.98 Å². The van der Waals surface area contributed by atoms with Crippen LogP contribution in [0.3, 0.4) is 0 Å². The summed E-state index contributed by atoms with van der Waals surface area (Å²) in [6.45, 7) is 4.05. The van der Waals surface area contributed by atoms with E-state index in [4.69, 9.17) is 17.2 Å². The van der Waals surface area contributed by atoms with Crippen molar-refractivity contribution in [3.05, 3.63) is 36.3 Å². The van der Waals surface area contributed by atoms with Crippen LogP contribution in [0.4, 0.5) is 17.5 Å². The number of hydrogen-bond acceptors (Lipinski definition) is 7. The lowest BCUT2D eigenvalue weighted by molar-refractivity contribution is 0.180. The molecule has 0 bridgehead atoms. The minimum atomic E-state index is 0.159. The van der Waals surface area contributed by atoms with E-state index in [1.54, 1.807) is 0 Å². The normalized spacial score (nSPS) is 20.5. The summed E-state index contributed by atoms with van der Waals surface area (Å²) in [5, 5.41) is 7.77. The standard InChI is InChI=1S/C24H29N7S/c32-20-6-9-24(7-2-1-3-8-24)31-19(20)14-17-15-27-23(29-22(17)31)28-21-5-4-18(16-26-21)30-12-10-25-11-13-30/h4-5,14-16,25H,1-3,6-13H2,(H,26,27,28,29). The molecule has 166 valence electrons. The minimum Gasteiger partial charge on any atom is -0.368 e. The molecule has 0 radical (unpaired) electrons. The Morgan fingerprint density at radius 1 is 1.00 bits per heavy atom. The highest BCUT2D eigenvalue weighted by Gasteiger charge is 2.40. The van der Waals surface area contributed by atoms with Crippen LogP contribution in [0.5, 0.6) is 0 Å². The molecule has 3 aliphatic rings. The molecule has 1 saturated heterocycles.